The standard InChI is InChI=1S/C21H25F3N4O4S/c1-12-10-14(22)13(17(24)16(12)23)11-32-18-15(20(29)30)19(33-27-18)26-21(31)25-6-2-3-7-28-8-4-5-9-28/h10H,2-9,11H2,1H3,(H,29,30)(H2,25,26,31). The van der Waals surface area contributed by atoms with Gasteiger partial charge in [0.25, 0.3) is 0 Å². The number of aromatic carboxylic acids is 1. The van der Waals surface area contributed by atoms with Gasteiger partial charge in [-0.15, -0.1) is 0 Å². The number of ether oxygens (including phenoxy) is 1. The third-order valence-corrected chi connectivity index (χ3v) is 6.02. The summed E-state index contributed by atoms with van der Waals surface area (Å²) in [7, 11) is 0. The summed E-state index contributed by atoms with van der Waals surface area (Å²) in [4.78, 5) is 26.2. The lowest BCUT2D eigenvalue weighted by Gasteiger charge is -2.14. The van der Waals surface area contributed by atoms with Crippen molar-refractivity contribution in [3.05, 3.63) is 40.2 Å². The summed E-state index contributed by atoms with van der Waals surface area (Å²) in [5, 5.41) is 14.5. The van der Waals surface area contributed by atoms with Gasteiger partial charge in [0.2, 0.25) is 5.88 Å². The predicted octanol–water partition coefficient (Wildman–Crippen LogP) is 4.14. The highest BCUT2D eigenvalue weighted by Crippen LogP contribution is 2.31. The van der Waals surface area contributed by atoms with E-state index < -0.39 is 53.1 Å². The molecule has 0 aliphatic carbocycles. The number of rotatable bonds is 10. The molecule has 1 fully saturated rings. The number of halogens is 3. The summed E-state index contributed by atoms with van der Waals surface area (Å²) in [5.74, 6) is -5.54. The molecule has 12 heteroatoms. The molecule has 1 aromatic carbocycles. The molecule has 1 saturated heterocycles. The van der Waals surface area contributed by atoms with Crippen molar-refractivity contribution >= 4 is 28.5 Å². The molecule has 0 unspecified atom stereocenters. The lowest BCUT2D eigenvalue weighted by atomic mass is 10.1. The van der Waals surface area contributed by atoms with Gasteiger partial charge in [0.05, 0.1) is 5.56 Å². The molecule has 2 aromatic rings. The molecule has 2 heterocycles. The third-order valence-electron chi connectivity index (χ3n) is 5.28. The second-order valence-corrected chi connectivity index (χ2v) is 8.48. The number of carbonyl (C=O) groups is 2. The summed E-state index contributed by atoms with van der Waals surface area (Å²) in [6.07, 6.45) is 4.15. The summed E-state index contributed by atoms with van der Waals surface area (Å²) in [6.45, 7) is 4.06. The highest BCUT2D eigenvalue weighted by molar-refractivity contribution is 7.11. The first-order valence-corrected chi connectivity index (χ1v) is 11.3. The Morgan fingerprint density at radius 3 is 2.64 bits per heavy atom. The van der Waals surface area contributed by atoms with Crippen LogP contribution in [0, 0.1) is 24.4 Å². The molecule has 0 spiro atoms. The number of nitrogens with one attached hydrogen (secondary N) is 2. The summed E-state index contributed by atoms with van der Waals surface area (Å²) in [6, 6.07) is 0.213. The van der Waals surface area contributed by atoms with Gasteiger partial charge < -0.3 is 20.1 Å². The van der Waals surface area contributed by atoms with Gasteiger partial charge in [-0.2, -0.15) is 4.37 Å². The fourth-order valence-electron chi connectivity index (χ4n) is 3.49. The van der Waals surface area contributed by atoms with Crippen molar-refractivity contribution in [3.63, 3.8) is 0 Å². The molecular formula is C21H25F3N4O4S. The lowest BCUT2D eigenvalue weighted by Crippen LogP contribution is -2.30. The fourth-order valence-corrected chi connectivity index (χ4v) is 4.21. The van der Waals surface area contributed by atoms with Crippen molar-refractivity contribution < 1.29 is 32.6 Å². The Hall–Kier alpha value is -2.86. The van der Waals surface area contributed by atoms with E-state index in [4.69, 9.17) is 4.74 Å². The van der Waals surface area contributed by atoms with Crippen molar-refractivity contribution in [1.82, 2.24) is 14.6 Å². The van der Waals surface area contributed by atoms with Gasteiger partial charge >= 0.3 is 12.0 Å². The number of nitrogens with zero attached hydrogens (tertiary/aromatic N) is 2. The van der Waals surface area contributed by atoms with Gasteiger partial charge in [-0.3, -0.25) is 5.32 Å². The minimum atomic E-state index is -1.45. The van der Waals surface area contributed by atoms with Crippen molar-refractivity contribution in [2.75, 3.05) is 31.5 Å². The average Bonchev–Trinajstić information content (AvgIpc) is 3.42. The monoisotopic (exact) mass is 486 g/mol. The molecule has 2 amide bonds. The fraction of sp³-hybridized carbons (Fsp3) is 0.476. The second kappa shape index (κ2) is 11.3. The number of urea groups is 1. The molecule has 180 valence electrons. The van der Waals surface area contributed by atoms with E-state index in [1.807, 2.05) is 0 Å². The number of aromatic nitrogens is 1. The van der Waals surface area contributed by atoms with E-state index in [-0.39, 0.29) is 10.6 Å². The molecule has 0 bridgehead atoms. The largest absolute Gasteiger partial charge is 0.477 e. The number of carboxylic acid groups (broad SMARTS) is 1. The van der Waals surface area contributed by atoms with E-state index >= 15 is 0 Å². The quantitative estimate of drug-likeness (QED) is 0.345. The summed E-state index contributed by atoms with van der Waals surface area (Å²) >= 11 is 0.646. The van der Waals surface area contributed by atoms with Crippen LogP contribution in [0.5, 0.6) is 5.88 Å². The smallest absolute Gasteiger partial charge is 0.344 e. The highest BCUT2D eigenvalue weighted by atomic mass is 32.1. The van der Waals surface area contributed by atoms with Crippen LogP contribution >= 0.6 is 11.5 Å². The van der Waals surface area contributed by atoms with Crippen LogP contribution in [0.3, 0.4) is 0 Å². The number of hydrogen-bond acceptors (Lipinski definition) is 6. The minimum absolute atomic E-state index is 0.0944. The Morgan fingerprint density at radius 2 is 1.94 bits per heavy atom. The predicted molar refractivity (Wildman–Crippen MR) is 116 cm³/mol. The molecular weight excluding hydrogens is 461 g/mol. The first kappa shape index (κ1) is 24.8. The number of aryl methyl sites for hydroxylation is 1. The lowest BCUT2D eigenvalue weighted by molar-refractivity contribution is 0.0693. The number of anilines is 1. The maximum Gasteiger partial charge on any atom is 0.344 e. The van der Waals surface area contributed by atoms with E-state index in [0.29, 0.717) is 18.1 Å². The molecule has 3 N–H and O–H groups in total. The number of benzene rings is 1. The Balaban J connectivity index is 1.55. The number of hydrogen-bond donors (Lipinski definition) is 3. The molecule has 0 saturated carbocycles. The molecule has 1 aromatic heterocycles. The van der Waals surface area contributed by atoms with E-state index in [2.05, 4.69) is 19.9 Å². The van der Waals surface area contributed by atoms with Gasteiger partial charge in [0.15, 0.2) is 17.2 Å². The van der Waals surface area contributed by atoms with Crippen LogP contribution in [-0.4, -0.2) is 52.6 Å². The van der Waals surface area contributed by atoms with Gasteiger partial charge in [-0.05, 0) is 75.4 Å². The number of carboxylic acids is 1. The number of likely N-dealkylation sites (tertiary alicyclic amines) is 1. The molecule has 1 aliphatic heterocycles. The minimum Gasteiger partial charge on any atom is -0.477 e. The van der Waals surface area contributed by atoms with Gasteiger partial charge in [-0.25, -0.2) is 22.8 Å². The van der Waals surface area contributed by atoms with Crippen LogP contribution < -0.4 is 15.4 Å². The average molecular weight is 487 g/mol. The second-order valence-electron chi connectivity index (χ2n) is 7.70. The Labute approximate surface area is 192 Å². The molecule has 0 atom stereocenters. The van der Waals surface area contributed by atoms with Gasteiger partial charge in [0, 0.05) is 6.54 Å². The van der Waals surface area contributed by atoms with E-state index in [9.17, 15) is 27.9 Å². The SMILES string of the molecule is Cc1cc(F)c(COc2nsc(NC(=O)NCCCCN3CCCC3)c2C(=O)O)c(F)c1F. The number of carbonyl (C=O) groups excluding carboxylic acids is 1. The molecule has 0 radical (unpaired) electrons. The molecule has 1 aliphatic rings. The van der Waals surface area contributed by atoms with Gasteiger partial charge in [-0.1, -0.05) is 0 Å². The van der Waals surface area contributed by atoms with Crippen LogP contribution in [0.4, 0.5) is 23.0 Å². The maximum atomic E-state index is 14.0. The van der Waals surface area contributed by atoms with Crippen LogP contribution in [0.25, 0.3) is 0 Å². The van der Waals surface area contributed by atoms with Crippen molar-refractivity contribution in [2.24, 2.45) is 0 Å². The van der Waals surface area contributed by atoms with Crippen molar-refractivity contribution in [1.29, 1.82) is 0 Å². The molecule has 8 nitrogen and oxygen atoms in total. The van der Waals surface area contributed by atoms with E-state index in [0.717, 1.165) is 38.5 Å². The normalized spacial score (nSPS) is 13.8. The van der Waals surface area contributed by atoms with Crippen LogP contribution in [0.1, 0.15) is 47.2 Å². The molecule has 3 rings (SSSR count). The van der Waals surface area contributed by atoms with Crippen LogP contribution in [-0.2, 0) is 6.61 Å². The Kier molecular flexibility index (Phi) is 8.50. The highest BCUT2D eigenvalue weighted by Gasteiger charge is 2.25. The van der Waals surface area contributed by atoms with E-state index in [1.54, 1.807) is 0 Å². The van der Waals surface area contributed by atoms with E-state index in [1.165, 1.54) is 19.8 Å². The third kappa shape index (κ3) is 6.35. The maximum absolute atomic E-state index is 14.0. The summed E-state index contributed by atoms with van der Waals surface area (Å²) in [5.41, 5.74) is -1.36. The van der Waals surface area contributed by atoms with Gasteiger partial charge in [0.1, 0.15) is 17.4 Å². The van der Waals surface area contributed by atoms with Crippen LogP contribution in [0.15, 0.2) is 6.07 Å². The molecule has 33 heavy (non-hydrogen) atoms. The van der Waals surface area contributed by atoms with Crippen LogP contribution in [0.2, 0.25) is 0 Å². The Morgan fingerprint density at radius 1 is 1.21 bits per heavy atom. The topological polar surface area (TPSA) is 104 Å². The zero-order valence-electron chi connectivity index (χ0n) is 18.0. The van der Waals surface area contributed by atoms with Crippen molar-refractivity contribution in [2.45, 2.75) is 39.2 Å². The number of unbranched alkanes of at least 4 members (excludes halogenated alkanes) is 1. The van der Waals surface area contributed by atoms with Crippen molar-refractivity contribution in [3.8, 4) is 5.88 Å². The Bertz CT molecular complexity index is 1010. The zero-order chi connectivity index (χ0) is 24.0. The summed E-state index contributed by atoms with van der Waals surface area (Å²) < 4.78 is 50.7. The number of amides is 2. The first-order valence-electron chi connectivity index (χ1n) is 10.5. The zero-order valence-corrected chi connectivity index (χ0v) is 18.9. The first-order chi connectivity index (χ1) is 15.8.